The summed E-state index contributed by atoms with van der Waals surface area (Å²) in [6, 6.07) is 3.59. The van der Waals surface area contributed by atoms with Gasteiger partial charge in [-0.2, -0.15) is 0 Å². The van der Waals surface area contributed by atoms with Crippen LogP contribution in [0, 0.1) is 0 Å². The van der Waals surface area contributed by atoms with Crippen molar-refractivity contribution in [3.63, 3.8) is 0 Å². The third kappa shape index (κ3) is 1.67. The lowest BCUT2D eigenvalue weighted by molar-refractivity contribution is -0.145. The SMILES string of the molecule is CCOC(=O)C1CCC(=O)n2cccc21. The highest BCUT2D eigenvalue weighted by Crippen LogP contribution is 2.28. The normalized spacial score (nSPS) is 19.8. The maximum Gasteiger partial charge on any atom is 0.314 e. The van der Waals surface area contributed by atoms with E-state index in [9.17, 15) is 9.59 Å². The molecule has 15 heavy (non-hydrogen) atoms. The third-order valence-electron chi connectivity index (χ3n) is 2.62. The Balaban J connectivity index is 2.28. The molecular formula is C11H13NO3. The summed E-state index contributed by atoms with van der Waals surface area (Å²) < 4.78 is 6.53. The first-order chi connectivity index (χ1) is 7.24. The molecule has 0 radical (unpaired) electrons. The van der Waals surface area contributed by atoms with Gasteiger partial charge in [0.1, 0.15) is 0 Å². The fourth-order valence-electron chi connectivity index (χ4n) is 1.92. The second-order valence-electron chi connectivity index (χ2n) is 3.54. The molecule has 80 valence electrons. The van der Waals surface area contributed by atoms with Crippen LogP contribution in [0.4, 0.5) is 0 Å². The lowest BCUT2D eigenvalue weighted by Crippen LogP contribution is -2.27. The Kier molecular flexibility index (Phi) is 2.58. The lowest BCUT2D eigenvalue weighted by atomic mass is 9.96. The third-order valence-corrected chi connectivity index (χ3v) is 2.62. The minimum Gasteiger partial charge on any atom is -0.465 e. The topological polar surface area (TPSA) is 48.3 Å². The highest BCUT2D eigenvalue weighted by atomic mass is 16.5. The van der Waals surface area contributed by atoms with Crippen LogP contribution in [0.1, 0.15) is 36.2 Å². The standard InChI is InChI=1S/C11H13NO3/c1-2-15-11(14)8-5-6-10(13)12-7-3-4-9(8)12/h3-4,7-8H,2,5-6H2,1H3. The van der Waals surface area contributed by atoms with Crippen LogP contribution < -0.4 is 0 Å². The first-order valence-electron chi connectivity index (χ1n) is 5.11. The summed E-state index contributed by atoms with van der Waals surface area (Å²) in [7, 11) is 0. The summed E-state index contributed by atoms with van der Waals surface area (Å²) >= 11 is 0. The molecule has 1 unspecified atom stereocenters. The molecular weight excluding hydrogens is 194 g/mol. The number of rotatable bonds is 2. The number of carbonyl (C=O) groups is 2. The van der Waals surface area contributed by atoms with Crippen molar-refractivity contribution < 1.29 is 14.3 Å². The summed E-state index contributed by atoms with van der Waals surface area (Å²) in [6.07, 6.45) is 2.66. The second kappa shape index (κ2) is 3.88. The van der Waals surface area contributed by atoms with Gasteiger partial charge in [-0.25, -0.2) is 0 Å². The van der Waals surface area contributed by atoms with Gasteiger partial charge in [0, 0.05) is 18.3 Å². The van der Waals surface area contributed by atoms with Gasteiger partial charge in [0.05, 0.1) is 12.5 Å². The Bertz CT molecular complexity index is 394. The number of ether oxygens (including phenoxy) is 1. The van der Waals surface area contributed by atoms with E-state index >= 15 is 0 Å². The highest BCUT2D eigenvalue weighted by Gasteiger charge is 2.30. The van der Waals surface area contributed by atoms with Crippen molar-refractivity contribution in [2.45, 2.75) is 25.7 Å². The largest absolute Gasteiger partial charge is 0.465 e. The first kappa shape index (κ1) is 9.96. The van der Waals surface area contributed by atoms with Gasteiger partial charge in [0.15, 0.2) is 0 Å². The number of aromatic nitrogens is 1. The molecule has 0 bridgehead atoms. The monoisotopic (exact) mass is 207 g/mol. The van der Waals surface area contributed by atoms with Crippen molar-refractivity contribution in [2.75, 3.05) is 6.61 Å². The fourth-order valence-corrected chi connectivity index (χ4v) is 1.92. The van der Waals surface area contributed by atoms with Gasteiger partial charge in [-0.3, -0.25) is 14.2 Å². The molecule has 4 nitrogen and oxygen atoms in total. The second-order valence-corrected chi connectivity index (χ2v) is 3.54. The molecule has 2 heterocycles. The lowest BCUT2D eigenvalue weighted by Gasteiger charge is -2.21. The van der Waals surface area contributed by atoms with Crippen LogP contribution in [0.3, 0.4) is 0 Å². The van der Waals surface area contributed by atoms with E-state index < -0.39 is 0 Å². The van der Waals surface area contributed by atoms with Crippen molar-refractivity contribution in [3.8, 4) is 0 Å². The van der Waals surface area contributed by atoms with E-state index in [2.05, 4.69) is 0 Å². The first-order valence-corrected chi connectivity index (χ1v) is 5.11. The van der Waals surface area contributed by atoms with E-state index in [1.165, 1.54) is 0 Å². The van der Waals surface area contributed by atoms with Gasteiger partial charge in [-0.15, -0.1) is 0 Å². The summed E-state index contributed by atoms with van der Waals surface area (Å²) in [6.45, 7) is 2.16. The summed E-state index contributed by atoms with van der Waals surface area (Å²) in [4.78, 5) is 23.1. The van der Waals surface area contributed by atoms with E-state index in [0.717, 1.165) is 5.69 Å². The van der Waals surface area contributed by atoms with Crippen molar-refractivity contribution >= 4 is 11.9 Å². The predicted molar refractivity (Wildman–Crippen MR) is 53.7 cm³/mol. The van der Waals surface area contributed by atoms with Crippen LogP contribution in [0.15, 0.2) is 18.3 Å². The molecule has 0 saturated heterocycles. The molecule has 1 aliphatic heterocycles. The summed E-state index contributed by atoms with van der Waals surface area (Å²) in [5, 5.41) is 0. The Labute approximate surface area is 87.8 Å². The molecule has 4 heteroatoms. The fraction of sp³-hybridized carbons (Fsp3) is 0.455. The van der Waals surface area contributed by atoms with Crippen molar-refractivity contribution in [1.29, 1.82) is 0 Å². The molecule has 0 aromatic carbocycles. The minimum absolute atomic E-state index is 0.0514. The van der Waals surface area contributed by atoms with Gasteiger partial charge < -0.3 is 4.74 Å². The van der Waals surface area contributed by atoms with E-state index in [-0.39, 0.29) is 17.8 Å². The van der Waals surface area contributed by atoms with Crippen LogP contribution >= 0.6 is 0 Å². The molecule has 0 amide bonds. The highest BCUT2D eigenvalue weighted by molar-refractivity contribution is 5.86. The van der Waals surface area contributed by atoms with Crippen LogP contribution in [-0.2, 0) is 9.53 Å². The van der Waals surface area contributed by atoms with Gasteiger partial charge in [0.25, 0.3) is 0 Å². The summed E-state index contributed by atoms with van der Waals surface area (Å²) in [5.41, 5.74) is 0.754. The Hall–Kier alpha value is -1.58. The zero-order valence-electron chi connectivity index (χ0n) is 8.60. The molecule has 1 aromatic rings. The number of hydrogen-bond acceptors (Lipinski definition) is 3. The van der Waals surface area contributed by atoms with Crippen molar-refractivity contribution in [3.05, 3.63) is 24.0 Å². The molecule has 2 rings (SSSR count). The molecule has 1 aromatic heterocycles. The minimum atomic E-state index is -0.280. The number of hydrogen-bond donors (Lipinski definition) is 0. The number of esters is 1. The average molecular weight is 207 g/mol. The molecule has 1 aliphatic rings. The summed E-state index contributed by atoms with van der Waals surface area (Å²) in [5.74, 6) is -0.460. The van der Waals surface area contributed by atoms with E-state index in [1.807, 2.05) is 0 Å². The van der Waals surface area contributed by atoms with Crippen LogP contribution in [0.5, 0.6) is 0 Å². The molecule has 0 aliphatic carbocycles. The van der Waals surface area contributed by atoms with E-state index in [0.29, 0.717) is 19.4 Å². The number of nitrogens with zero attached hydrogens (tertiary/aromatic N) is 1. The Morgan fingerprint density at radius 1 is 1.67 bits per heavy atom. The van der Waals surface area contributed by atoms with E-state index in [1.54, 1.807) is 29.8 Å². The molecule has 0 N–H and O–H groups in total. The van der Waals surface area contributed by atoms with E-state index in [4.69, 9.17) is 4.74 Å². The maximum atomic E-state index is 11.6. The average Bonchev–Trinajstić information content (AvgIpc) is 2.68. The zero-order valence-corrected chi connectivity index (χ0v) is 8.60. The van der Waals surface area contributed by atoms with Crippen LogP contribution in [-0.4, -0.2) is 23.1 Å². The van der Waals surface area contributed by atoms with Crippen molar-refractivity contribution in [1.82, 2.24) is 4.57 Å². The van der Waals surface area contributed by atoms with Gasteiger partial charge in [-0.05, 0) is 25.5 Å². The molecule has 0 fully saturated rings. The molecule has 0 saturated carbocycles. The van der Waals surface area contributed by atoms with Crippen LogP contribution in [0.25, 0.3) is 0 Å². The molecule has 1 atom stereocenters. The zero-order chi connectivity index (χ0) is 10.8. The van der Waals surface area contributed by atoms with Crippen molar-refractivity contribution in [2.24, 2.45) is 0 Å². The number of carbonyl (C=O) groups excluding carboxylic acids is 2. The number of fused-ring (bicyclic) bond motifs is 1. The molecule has 0 spiro atoms. The Morgan fingerprint density at radius 2 is 2.47 bits per heavy atom. The maximum absolute atomic E-state index is 11.6. The predicted octanol–water partition coefficient (Wildman–Crippen LogP) is 1.57. The quantitative estimate of drug-likeness (QED) is 0.691. The smallest absolute Gasteiger partial charge is 0.314 e. The Morgan fingerprint density at radius 3 is 3.20 bits per heavy atom. The van der Waals surface area contributed by atoms with Gasteiger partial charge in [0.2, 0.25) is 5.91 Å². The van der Waals surface area contributed by atoms with Gasteiger partial charge in [-0.1, -0.05) is 0 Å². The van der Waals surface area contributed by atoms with Gasteiger partial charge >= 0.3 is 5.97 Å². The van der Waals surface area contributed by atoms with Crippen LogP contribution in [0.2, 0.25) is 0 Å².